The summed E-state index contributed by atoms with van der Waals surface area (Å²) in [6.07, 6.45) is 2.50. The van der Waals surface area contributed by atoms with E-state index in [1.807, 2.05) is 0 Å². The van der Waals surface area contributed by atoms with Crippen molar-refractivity contribution in [2.75, 3.05) is 5.32 Å². The van der Waals surface area contributed by atoms with Gasteiger partial charge in [-0.15, -0.1) is 0 Å². The minimum absolute atomic E-state index is 0.0404. The molecular weight excluding hydrogens is 267 g/mol. The quantitative estimate of drug-likeness (QED) is 0.789. The lowest BCUT2D eigenvalue weighted by atomic mass is 10.2. The summed E-state index contributed by atoms with van der Waals surface area (Å²) in [4.78, 5) is 10.8. The fourth-order valence-electron chi connectivity index (χ4n) is 0.981. The molecule has 0 saturated heterocycles. The molecule has 15 heavy (non-hydrogen) atoms. The number of carbonyl (C=O) groups is 1. The van der Waals surface area contributed by atoms with Crippen molar-refractivity contribution < 1.29 is 14.3 Å². The maximum atomic E-state index is 13.1. The van der Waals surface area contributed by atoms with Crippen LogP contribution in [-0.4, -0.2) is 11.1 Å². The number of nitrogens with two attached hydrogens (primary N) is 1. The Hall–Kier alpha value is -1.56. The highest BCUT2D eigenvalue weighted by Gasteiger charge is 2.13. The Bertz CT molecular complexity index is 421. The van der Waals surface area contributed by atoms with Gasteiger partial charge in [0.2, 0.25) is 0 Å². The van der Waals surface area contributed by atoms with Crippen LogP contribution >= 0.6 is 15.9 Å². The third kappa shape index (κ3) is 2.69. The van der Waals surface area contributed by atoms with Crippen LogP contribution in [0.4, 0.5) is 10.1 Å². The van der Waals surface area contributed by atoms with Crippen LogP contribution in [0, 0.1) is 5.82 Å². The average molecular weight is 275 g/mol. The number of benzene rings is 1. The number of anilines is 1. The SMILES string of the molecule is N/C=C/Nc1cc(F)c(Br)cc1C(=O)O. The van der Waals surface area contributed by atoms with Crippen molar-refractivity contribution in [1.29, 1.82) is 0 Å². The molecule has 4 nitrogen and oxygen atoms in total. The Labute approximate surface area is 93.7 Å². The molecule has 0 aromatic heterocycles. The smallest absolute Gasteiger partial charge is 0.337 e. The number of aromatic carboxylic acids is 1. The minimum atomic E-state index is -1.15. The topological polar surface area (TPSA) is 75.3 Å². The zero-order valence-corrected chi connectivity index (χ0v) is 9.08. The van der Waals surface area contributed by atoms with Gasteiger partial charge in [-0.1, -0.05) is 0 Å². The van der Waals surface area contributed by atoms with Crippen molar-refractivity contribution in [3.63, 3.8) is 0 Å². The van der Waals surface area contributed by atoms with E-state index in [4.69, 9.17) is 10.8 Å². The number of carboxylic acids is 1. The first-order valence-corrected chi connectivity index (χ1v) is 4.71. The molecule has 1 aromatic rings. The van der Waals surface area contributed by atoms with Gasteiger partial charge in [-0.2, -0.15) is 0 Å². The molecule has 0 bridgehead atoms. The highest BCUT2D eigenvalue weighted by molar-refractivity contribution is 9.10. The molecular formula is C9H8BrFN2O2. The van der Waals surface area contributed by atoms with Crippen molar-refractivity contribution in [2.24, 2.45) is 5.73 Å². The van der Waals surface area contributed by atoms with Gasteiger partial charge in [0.05, 0.1) is 15.7 Å². The summed E-state index contributed by atoms with van der Waals surface area (Å²) in [5.41, 5.74) is 5.18. The highest BCUT2D eigenvalue weighted by atomic mass is 79.9. The summed E-state index contributed by atoms with van der Waals surface area (Å²) in [6.45, 7) is 0. The molecule has 0 aliphatic heterocycles. The number of hydrogen-bond donors (Lipinski definition) is 3. The van der Waals surface area contributed by atoms with E-state index in [2.05, 4.69) is 21.2 Å². The monoisotopic (exact) mass is 274 g/mol. The second kappa shape index (κ2) is 4.79. The largest absolute Gasteiger partial charge is 0.478 e. The van der Waals surface area contributed by atoms with Crippen LogP contribution in [0.3, 0.4) is 0 Å². The van der Waals surface area contributed by atoms with Gasteiger partial charge >= 0.3 is 5.97 Å². The van der Waals surface area contributed by atoms with Crippen molar-refractivity contribution in [2.45, 2.75) is 0 Å². The van der Waals surface area contributed by atoms with Crippen LogP contribution in [0.1, 0.15) is 10.4 Å². The molecule has 0 fully saturated rings. The lowest BCUT2D eigenvalue weighted by molar-refractivity contribution is 0.0698. The van der Waals surface area contributed by atoms with Crippen molar-refractivity contribution in [1.82, 2.24) is 0 Å². The lowest BCUT2D eigenvalue weighted by Crippen LogP contribution is -2.03. The molecule has 0 atom stereocenters. The highest BCUT2D eigenvalue weighted by Crippen LogP contribution is 2.24. The van der Waals surface area contributed by atoms with E-state index in [1.165, 1.54) is 18.5 Å². The second-order valence-electron chi connectivity index (χ2n) is 2.62. The molecule has 0 aliphatic carbocycles. The Balaban J connectivity index is 3.21. The first-order valence-electron chi connectivity index (χ1n) is 3.92. The summed E-state index contributed by atoms with van der Waals surface area (Å²) in [5, 5.41) is 11.4. The number of hydrogen-bond acceptors (Lipinski definition) is 3. The van der Waals surface area contributed by atoms with Gasteiger partial charge < -0.3 is 16.2 Å². The van der Waals surface area contributed by atoms with E-state index >= 15 is 0 Å². The van der Waals surface area contributed by atoms with E-state index in [1.54, 1.807) is 0 Å². The Kier molecular flexibility index (Phi) is 3.68. The van der Waals surface area contributed by atoms with Gasteiger partial charge in [-0.3, -0.25) is 0 Å². The third-order valence-electron chi connectivity index (χ3n) is 1.63. The van der Waals surface area contributed by atoms with Crippen LogP contribution in [0.2, 0.25) is 0 Å². The summed E-state index contributed by atoms with van der Waals surface area (Å²) in [5.74, 6) is -1.70. The normalized spacial score (nSPS) is 10.5. The van der Waals surface area contributed by atoms with Crippen LogP contribution in [0.5, 0.6) is 0 Å². The number of nitrogens with one attached hydrogen (secondary N) is 1. The standard InChI is InChI=1S/C9H8BrFN2O2/c10-6-3-5(9(14)15)8(4-7(6)11)13-2-1-12/h1-4,13H,12H2,(H,14,15)/b2-1+. The molecule has 0 aliphatic rings. The van der Waals surface area contributed by atoms with Gasteiger partial charge in [0.1, 0.15) is 5.82 Å². The summed E-state index contributed by atoms with van der Waals surface area (Å²) < 4.78 is 13.2. The predicted octanol–water partition coefficient (Wildman–Crippen LogP) is 2.13. The van der Waals surface area contributed by atoms with Crippen LogP contribution < -0.4 is 11.1 Å². The maximum absolute atomic E-state index is 13.1. The molecule has 0 spiro atoms. The maximum Gasteiger partial charge on any atom is 0.337 e. The zero-order chi connectivity index (χ0) is 11.4. The van der Waals surface area contributed by atoms with Crippen molar-refractivity contribution in [3.05, 3.63) is 40.4 Å². The molecule has 6 heteroatoms. The molecule has 80 valence electrons. The number of halogens is 2. The van der Waals surface area contributed by atoms with Gasteiger partial charge in [-0.25, -0.2) is 9.18 Å². The number of carboxylic acid groups (broad SMARTS) is 1. The van der Waals surface area contributed by atoms with Crippen molar-refractivity contribution in [3.8, 4) is 0 Å². The van der Waals surface area contributed by atoms with Gasteiger partial charge in [0, 0.05) is 12.4 Å². The first kappa shape index (κ1) is 11.5. The molecule has 0 radical (unpaired) electrons. The fraction of sp³-hybridized carbons (Fsp3) is 0. The first-order chi connectivity index (χ1) is 7.06. The molecule has 0 unspecified atom stereocenters. The Morgan fingerprint density at radius 3 is 2.80 bits per heavy atom. The summed E-state index contributed by atoms with van der Waals surface area (Å²) >= 11 is 2.91. The van der Waals surface area contributed by atoms with Gasteiger partial charge in [-0.05, 0) is 28.1 Å². The molecule has 0 amide bonds. The Morgan fingerprint density at radius 2 is 2.27 bits per heavy atom. The molecule has 0 saturated carbocycles. The van der Waals surface area contributed by atoms with E-state index in [0.717, 1.165) is 6.07 Å². The summed E-state index contributed by atoms with van der Waals surface area (Å²) in [7, 11) is 0. The zero-order valence-electron chi connectivity index (χ0n) is 7.50. The van der Waals surface area contributed by atoms with Crippen LogP contribution in [0.15, 0.2) is 29.0 Å². The second-order valence-corrected chi connectivity index (χ2v) is 3.47. The van der Waals surface area contributed by atoms with E-state index in [0.29, 0.717) is 0 Å². The van der Waals surface area contributed by atoms with Gasteiger partial charge in [0.25, 0.3) is 0 Å². The third-order valence-corrected chi connectivity index (χ3v) is 2.23. The predicted molar refractivity (Wildman–Crippen MR) is 58.0 cm³/mol. The lowest BCUT2D eigenvalue weighted by Gasteiger charge is -2.06. The molecule has 0 heterocycles. The van der Waals surface area contributed by atoms with Crippen molar-refractivity contribution >= 4 is 27.6 Å². The van der Waals surface area contributed by atoms with E-state index in [-0.39, 0.29) is 15.7 Å². The van der Waals surface area contributed by atoms with Gasteiger partial charge in [0.15, 0.2) is 0 Å². The summed E-state index contributed by atoms with van der Waals surface area (Å²) in [6, 6.07) is 2.26. The molecule has 4 N–H and O–H groups in total. The van der Waals surface area contributed by atoms with Crippen LogP contribution in [0.25, 0.3) is 0 Å². The minimum Gasteiger partial charge on any atom is -0.478 e. The Morgan fingerprint density at radius 1 is 1.60 bits per heavy atom. The number of rotatable bonds is 3. The van der Waals surface area contributed by atoms with E-state index < -0.39 is 11.8 Å². The molecule has 1 aromatic carbocycles. The average Bonchev–Trinajstić information content (AvgIpc) is 2.19. The fourth-order valence-corrected chi connectivity index (χ4v) is 1.32. The van der Waals surface area contributed by atoms with Crippen LogP contribution in [-0.2, 0) is 0 Å². The molecule has 1 rings (SSSR count). The van der Waals surface area contributed by atoms with E-state index in [9.17, 15) is 9.18 Å².